The van der Waals surface area contributed by atoms with Gasteiger partial charge in [0.15, 0.2) is 20.2 Å². The zero-order valence-corrected chi connectivity index (χ0v) is 18.5. The Bertz CT molecular complexity index is 898. The molecular formula is C18H27ClN4O4Si. The predicted octanol–water partition coefficient (Wildman–Crippen LogP) is 2.91. The normalized spacial score (nSPS) is 26.1. The van der Waals surface area contributed by atoms with Crippen LogP contribution in [0.15, 0.2) is 12.5 Å². The Labute approximate surface area is 170 Å². The van der Waals surface area contributed by atoms with Gasteiger partial charge in [-0.3, -0.25) is 4.79 Å². The van der Waals surface area contributed by atoms with Crippen molar-refractivity contribution in [1.82, 2.24) is 14.5 Å². The van der Waals surface area contributed by atoms with Gasteiger partial charge in [-0.15, -0.1) is 0 Å². The van der Waals surface area contributed by atoms with Crippen LogP contribution in [0.1, 0.15) is 33.4 Å². The van der Waals surface area contributed by atoms with Gasteiger partial charge in [0.2, 0.25) is 0 Å². The lowest BCUT2D eigenvalue weighted by molar-refractivity contribution is -0.150. The zero-order valence-electron chi connectivity index (χ0n) is 16.8. The van der Waals surface area contributed by atoms with Crippen molar-refractivity contribution >= 4 is 43.1 Å². The summed E-state index contributed by atoms with van der Waals surface area (Å²) in [5, 5.41) is 10.9. The van der Waals surface area contributed by atoms with Gasteiger partial charge < -0.3 is 24.6 Å². The van der Waals surface area contributed by atoms with E-state index in [0.29, 0.717) is 28.8 Å². The van der Waals surface area contributed by atoms with E-state index in [4.69, 9.17) is 26.5 Å². The Hall–Kier alpha value is -1.52. The molecule has 1 aliphatic rings. The van der Waals surface area contributed by atoms with E-state index in [-0.39, 0.29) is 10.9 Å². The highest BCUT2D eigenvalue weighted by molar-refractivity contribution is 6.74. The van der Waals surface area contributed by atoms with Crippen molar-refractivity contribution in [1.29, 1.82) is 0 Å². The average Bonchev–Trinajstić information content (AvgIpc) is 3.13. The molecular weight excluding hydrogens is 400 g/mol. The summed E-state index contributed by atoms with van der Waals surface area (Å²) in [6.07, 6.45) is 2.84. The number of nitrogens with zero attached hydrogens (tertiary/aromatic N) is 3. The Kier molecular flexibility index (Phi) is 5.35. The number of aldehydes is 1. The number of nitrogens with two attached hydrogens (primary N) is 1. The molecule has 0 radical (unpaired) electrons. The number of halogens is 1. The summed E-state index contributed by atoms with van der Waals surface area (Å²) in [5.74, 6) is 0.268. The van der Waals surface area contributed by atoms with Crippen molar-refractivity contribution in [3.8, 4) is 0 Å². The van der Waals surface area contributed by atoms with E-state index in [1.165, 1.54) is 6.33 Å². The maximum atomic E-state index is 12.0. The average molecular weight is 427 g/mol. The van der Waals surface area contributed by atoms with Crippen LogP contribution in [-0.2, 0) is 14.0 Å². The van der Waals surface area contributed by atoms with Crippen LogP contribution in [0.3, 0.4) is 0 Å². The number of ether oxygens (including phenoxy) is 1. The summed E-state index contributed by atoms with van der Waals surface area (Å²) in [6, 6.07) is 0. The minimum atomic E-state index is -2.21. The number of hydrogen-bond acceptors (Lipinski definition) is 7. The molecule has 10 heteroatoms. The molecule has 154 valence electrons. The lowest BCUT2D eigenvalue weighted by atomic mass is 10.00. The van der Waals surface area contributed by atoms with E-state index < -0.39 is 32.9 Å². The van der Waals surface area contributed by atoms with Gasteiger partial charge in [0, 0.05) is 12.6 Å². The topological polar surface area (TPSA) is 112 Å². The first-order valence-corrected chi connectivity index (χ1v) is 12.4. The van der Waals surface area contributed by atoms with Gasteiger partial charge in [-0.25, -0.2) is 9.97 Å². The monoisotopic (exact) mass is 426 g/mol. The van der Waals surface area contributed by atoms with Gasteiger partial charge in [0.25, 0.3) is 0 Å². The fraction of sp³-hybridized carbons (Fsp3) is 0.611. The van der Waals surface area contributed by atoms with Crippen molar-refractivity contribution in [2.75, 3.05) is 12.3 Å². The SMILES string of the molecule is CC(C)(C)[Si](C)(C)O[C@H]1C[C@H](n2cc(Cl)c3c(N)ncnc32)O[C@]1(C=O)CO. The number of fused-ring (bicyclic) bond motifs is 1. The van der Waals surface area contributed by atoms with Gasteiger partial charge in [0.1, 0.15) is 24.0 Å². The predicted molar refractivity (Wildman–Crippen MR) is 110 cm³/mol. The van der Waals surface area contributed by atoms with Crippen LogP contribution >= 0.6 is 11.6 Å². The molecule has 0 aliphatic carbocycles. The zero-order chi connectivity index (χ0) is 20.9. The van der Waals surface area contributed by atoms with Crippen LogP contribution < -0.4 is 5.73 Å². The van der Waals surface area contributed by atoms with Gasteiger partial charge >= 0.3 is 0 Å². The molecule has 0 aromatic carbocycles. The Balaban J connectivity index is 2.01. The fourth-order valence-electron chi connectivity index (χ4n) is 3.17. The smallest absolute Gasteiger partial charge is 0.192 e. The van der Waals surface area contributed by atoms with Crippen molar-refractivity contribution in [3.05, 3.63) is 17.5 Å². The van der Waals surface area contributed by atoms with Crippen LogP contribution in [0.25, 0.3) is 11.0 Å². The molecule has 3 rings (SSSR count). The maximum absolute atomic E-state index is 12.0. The van der Waals surface area contributed by atoms with E-state index in [1.807, 2.05) is 0 Å². The molecule has 3 N–H and O–H groups in total. The number of aliphatic hydroxyl groups excluding tert-OH is 1. The molecule has 8 nitrogen and oxygen atoms in total. The molecule has 0 spiro atoms. The molecule has 0 unspecified atom stereocenters. The number of hydrogen-bond donors (Lipinski definition) is 2. The number of anilines is 1. The summed E-state index contributed by atoms with van der Waals surface area (Å²) in [6.45, 7) is 10.1. The van der Waals surface area contributed by atoms with E-state index >= 15 is 0 Å². The second-order valence-electron chi connectivity index (χ2n) is 8.75. The highest BCUT2D eigenvalue weighted by Crippen LogP contribution is 2.45. The molecule has 2 aromatic rings. The lowest BCUT2D eigenvalue weighted by Crippen LogP contribution is -2.53. The minimum Gasteiger partial charge on any atom is -0.410 e. The molecule has 28 heavy (non-hydrogen) atoms. The van der Waals surface area contributed by atoms with Gasteiger partial charge in [-0.2, -0.15) is 0 Å². The first-order valence-electron chi connectivity index (χ1n) is 9.15. The van der Waals surface area contributed by atoms with E-state index in [1.54, 1.807) is 10.8 Å². The van der Waals surface area contributed by atoms with Crippen LogP contribution in [0.5, 0.6) is 0 Å². The maximum Gasteiger partial charge on any atom is 0.192 e. The summed E-state index contributed by atoms with van der Waals surface area (Å²) < 4.78 is 14.2. The summed E-state index contributed by atoms with van der Waals surface area (Å²) in [7, 11) is -2.21. The summed E-state index contributed by atoms with van der Waals surface area (Å²) in [5.41, 5.74) is 4.99. The third-order valence-electron chi connectivity index (χ3n) is 5.91. The number of aliphatic hydroxyl groups is 1. The van der Waals surface area contributed by atoms with Gasteiger partial charge in [-0.1, -0.05) is 32.4 Å². The second kappa shape index (κ2) is 7.07. The standard InChI is InChI=1S/C18H27ClN4O4Si/c1-17(2,3)28(4,5)27-12-6-13(26-18(12,8-24)9-25)23-7-11(19)14-15(20)21-10-22-16(14)23/h7-8,10,12-13,25H,6,9H2,1-5H3,(H2,20,21,22)/t12-,13+,18+/m0/s1. The fourth-order valence-corrected chi connectivity index (χ4v) is 4.82. The van der Waals surface area contributed by atoms with E-state index in [2.05, 4.69) is 43.8 Å². The van der Waals surface area contributed by atoms with Crippen LogP contribution in [0.4, 0.5) is 5.82 Å². The van der Waals surface area contributed by atoms with Crippen LogP contribution in [0, 0.1) is 0 Å². The lowest BCUT2D eigenvalue weighted by Gasteiger charge is -2.40. The summed E-state index contributed by atoms with van der Waals surface area (Å²) in [4.78, 5) is 20.2. The number of nitrogen functional groups attached to an aromatic ring is 1. The van der Waals surface area contributed by atoms with Crippen molar-refractivity contribution in [3.63, 3.8) is 0 Å². The largest absolute Gasteiger partial charge is 0.410 e. The van der Waals surface area contributed by atoms with Gasteiger partial charge in [0.05, 0.1) is 23.1 Å². The molecule has 1 fully saturated rings. The third-order valence-corrected chi connectivity index (χ3v) is 10.7. The Morgan fingerprint density at radius 3 is 2.75 bits per heavy atom. The van der Waals surface area contributed by atoms with E-state index in [0.717, 1.165) is 0 Å². The molecule has 1 saturated heterocycles. The van der Waals surface area contributed by atoms with Crippen LogP contribution in [0.2, 0.25) is 23.2 Å². The second-order valence-corrected chi connectivity index (χ2v) is 13.9. The third kappa shape index (κ3) is 3.35. The quantitative estimate of drug-likeness (QED) is 0.558. The first-order chi connectivity index (χ1) is 13.0. The van der Waals surface area contributed by atoms with Crippen molar-refractivity contribution in [2.24, 2.45) is 0 Å². The minimum absolute atomic E-state index is 0.0553. The molecule has 2 aromatic heterocycles. The molecule has 0 amide bonds. The molecule has 0 bridgehead atoms. The first kappa shape index (κ1) is 21.2. The number of carbonyl (C=O) groups excluding carboxylic acids is 1. The molecule has 0 saturated carbocycles. The molecule has 3 atom stereocenters. The van der Waals surface area contributed by atoms with Crippen molar-refractivity contribution in [2.45, 2.75) is 63.3 Å². The van der Waals surface area contributed by atoms with Gasteiger partial charge in [-0.05, 0) is 18.1 Å². The summed E-state index contributed by atoms with van der Waals surface area (Å²) >= 11 is 6.32. The Morgan fingerprint density at radius 2 is 2.18 bits per heavy atom. The highest BCUT2D eigenvalue weighted by atomic mass is 35.5. The Morgan fingerprint density at radius 1 is 1.50 bits per heavy atom. The number of carbonyl (C=O) groups is 1. The molecule has 3 heterocycles. The highest BCUT2D eigenvalue weighted by Gasteiger charge is 2.53. The number of rotatable bonds is 5. The molecule has 1 aliphatic heterocycles. The number of aromatic nitrogens is 3. The van der Waals surface area contributed by atoms with Crippen molar-refractivity contribution < 1.29 is 19.1 Å². The van der Waals surface area contributed by atoms with Crippen LogP contribution in [-0.4, -0.2) is 52.6 Å². The van der Waals surface area contributed by atoms with E-state index in [9.17, 15) is 9.90 Å².